The van der Waals surface area contributed by atoms with Crippen LogP contribution < -0.4 is 20.9 Å². The summed E-state index contributed by atoms with van der Waals surface area (Å²) < 4.78 is 5.02. The van der Waals surface area contributed by atoms with Crippen LogP contribution in [0.5, 0.6) is 5.75 Å². The van der Waals surface area contributed by atoms with Crippen LogP contribution in [0.1, 0.15) is 15.9 Å². The van der Waals surface area contributed by atoms with E-state index in [4.69, 9.17) is 28.6 Å². The number of thiocarbonyl (C=S) groups is 1. The van der Waals surface area contributed by atoms with Gasteiger partial charge in [0.2, 0.25) is 5.91 Å². The zero-order valence-corrected chi connectivity index (χ0v) is 15.4. The van der Waals surface area contributed by atoms with E-state index in [0.29, 0.717) is 16.3 Å². The van der Waals surface area contributed by atoms with Gasteiger partial charge in [0.25, 0.3) is 5.91 Å². The Morgan fingerprint density at radius 3 is 2.31 bits per heavy atom. The summed E-state index contributed by atoms with van der Waals surface area (Å²) >= 11 is 10.8. The van der Waals surface area contributed by atoms with Gasteiger partial charge in [0.1, 0.15) is 5.75 Å². The van der Waals surface area contributed by atoms with E-state index in [1.807, 2.05) is 0 Å². The SMILES string of the molecule is COc1ccc(C(=O)NNC(=S)NC(=O)/C=C/c2ccc(Cl)cc2)cc1. The maximum absolute atomic E-state index is 12.0. The Hall–Kier alpha value is -2.90. The standard InChI is InChI=1S/C18H16ClN3O3S/c1-25-15-9-5-13(6-10-15)17(24)21-22-18(26)20-16(23)11-4-12-2-7-14(19)8-3-12/h2-11H,1H3,(H,21,24)(H2,20,22,23,26)/b11-4+. The molecule has 0 saturated heterocycles. The summed E-state index contributed by atoms with van der Waals surface area (Å²) in [6.45, 7) is 0. The molecule has 0 aliphatic carbocycles. The summed E-state index contributed by atoms with van der Waals surface area (Å²) in [6, 6.07) is 13.5. The maximum atomic E-state index is 12.0. The Balaban J connectivity index is 1.79. The van der Waals surface area contributed by atoms with Crippen molar-refractivity contribution in [3.8, 4) is 5.75 Å². The molecule has 0 aromatic heterocycles. The number of amides is 2. The van der Waals surface area contributed by atoms with Crippen LogP contribution in [-0.4, -0.2) is 24.0 Å². The number of benzene rings is 2. The molecule has 0 unspecified atom stereocenters. The van der Waals surface area contributed by atoms with Crippen molar-refractivity contribution in [1.82, 2.24) is 16.2 Å². The van der Waals surface area contributed by atoms with Crippen LogP contribution in [0.4, 0.5) is 0 Å². The number of carbonyl (C=O) groups excluding carboxylic acids is 2. The Morgan fingerprint density at radius 2 is 1.69 bits per heavy atom. The van der Waals surface area contributed by atoms with Gasteiger partial charge in [-0.05, 0) is 60.3 Å². The predicted octanol–water partition coefficient (Wildman–Crippen LogP) is 2.70. The molecule has 0 bridgehead atoms. The third-order valence-corrected chi connectivity index (χ3v) is 3.63. The van der Waals surface area contributed by atoms with Gasteiger partial charge < -0.3 is 4.74 Å². The second kappa shape index (κ2) is 9.55. The lowest BCUT2D eigenvalue weighted by Gasteiger charge is -2.10. The lowest BCUT2D eigenvalue weighted by Crippen LogP contribution is -2.48. The minimum atomic E-state index is -0.434. The zero-order chi connectivity index (χ0) is 18.9. The van der Waals surface area contributed by atoms with Crippen molar-refractivity contribution in [2.45, 2.75) is 0 Å². The minimum Gasteiger partial charge on any atom is -0.497 e. The highest BCUT2D eigenvalue weighted by Crippen LogP contribution is 2.11. The van der Waals surface area contributed by atoms with Crippen LogP contribution in [0.15, 0.2) is 54.6 Å². The Morgan fingerprint density at radius 1 is 1.04 bits per heavy atom. The topological polar surface area (TPSA) is 79.5 Å². The van der Waals surface area contributed by atoms with E-state index in [1.165, 1.54) is 6.08 Å². The molecule has 2 amide bonds. The first-order valence-corrected chi connectivity index (χ1v) is 8.25. The molecule has 0 heterocycles. The Labute approximate surface area is 161 Å². The van der Waals surface area contributed by atoms with Crippen LogP contribution >= 0.6 is 23.8 Å². The summed E-state index contributed by atoms with van der Waals surface area (Å²) in [7, 11) is 1.54. The molecule has 0 fully saturated rings. The number of methoxy groups -OCH3 is 1. The molecule has 2 rings (SSSR count). The highest BCUT2D eigenvalue weighted by atomic mass is 35.5. The summed E-state index contributed by atoms with van der Waals surface area (Å²) in [5, 5.41) is 3.01. The quantitative estimate of drug-likeness (QED) is 0.425. The largest absolute Gasteiger partial charge is 0.497 e. The van der Waals surface area contributed by atoms with Gasteiger partial charge in [-0.1, -0.05) is 23.7 Å². The lowest BCUT2D eigenvalue weighted by molar-refractivity contribution is -0.115. The molecule has 6 nitrogen and oxygen atoms in total. The summed E-state index contributed by atoms with van der Waals surface area (Å²) in [5.74, 6) is -0.193. The van der Waals surface area contributed by atoms with Crippen LogP contribution in [0.2, 0.25) is 5.02 Å². The van der Waals surface area contributed by atoms with Gasteiger partial charge in [-0.25, -0.2) is 0 Å². The fourth-order valence-corrected chi connectivity index (χ4v) is 2.14. The molecule has 0 spiro atoms. The van der Waals surface area contributed by atoms with E-state index in [9.17, 15) is 9.59 Å². The minimum absolute atomic E-state index is 0.0300. The molecule has 0 atom stereocenters. The van der Waals surface area contributed by atoms with Crippen molar-refractivity contribution in [2.75, 3.05) is 7.11 Å². The van der Waals surface area contributed by atoms with Crippen molar-refractivity contribution in [2.24, 2.45) is 0 Å². The molecule has 0 aliphatic rings. The zero-order valence-electron chi connectivity index (χ0n) is 13.8. The number of rotatable bonds is 4. The van der Waals surface area contributed by atoms with E-state index in [2.05, 4.69) is 16.2 Å². The van der Waals surface area contributed by atoms with Crippen molar-refractivity contribution in [1.29, 1.82) is 0 Å². The fraction of sp³-hybridized carbons (Fsp3) is 0.0556. The first-order valence-electron chi connectivity index (χ1n) is 7.47. The monoisotopic (exact) mass is 389 g/mol. The number of carbonyl (C=O) groups is 2. The number of nitrogens with one attached hydrogen (secondary N) is 3. The molecule has 0 radical (unpaired) electrons. The molecule has 26 heavy (non-hydrogen) atoms. The van der Waals surface area contributed by atoms with Crippen molar-refractivity contribution >= 4 is 46.8 Å². The van der Waals surface area contributed by atoms with Gasteiger partial charge in [-0.15, -0.1) is 0 Å². The van der Waals surface area contributed by atoms with Crippen LogP contribution in [0.3, 0.4) is 0 Å². The fourth-order valence-electron chi connectivity index (χ4n) is 1.86. The van der Waals surface area contributed by atoms with E-state index in [1.54, 1.807) is 61.7 Å². The number of hydrogen-bond acceptors (Lipinski definition) is 4. The number of ether oxygens (including phenoxy) is 1. The van der Waals surface area contributed by atoms with Crippen LogP contribution in [0, 0.1) is 0 Å². The smallest absolute Gasteiger partial charge is 0.269 e. The second-order valence-corrected chi connectivity index (χ2v) is 5.86. The van der Waals surface area contributed by atoms with E-state index < -0.39 is 11.8 Å². The molecule has 3 N–H and O–H groups in total. The van der Waals surface area contributed by atoms with E-state index >= 15 is 0 Å². The number of hydrazine groups is 1. The van der Waals surface area contributed by atoms with Gasteiger partial charge in [0, 0.05) is 16.7 Å². The number of halogens is 1. The van der Waals surface area contributed by atoms with Gasteiger partial charge in [-0.2, -0.15) is 0 Å². The highest BCUT2D eigenvalue weighted by Gasteiger charge is 2.07. The normalized spacial score (nSPS) is 10.2. The molecule has 134 valence electrons. The first-order chi connectivity index (χ1) is 12.5. The molecule has 0 saturated carbocycles. The average molecular weight is 390 g/mol. The van der Waals surface area contributed by atoms with E-state index in [0.717, 1.165) is 5.56 Å². The second-order valence-electron chi connectivity index (χ2n) is 5.01. The Bertz CT molecular complexity index is 821. The van der Waals surface area contributed by atoms with Gasteiger partial charge in [0.05, 0.1) is 7.11 Å². The van der Waals surface area contributed by atoms with E-state index in [-0.39, 0.29) is 5.11 Å². The molecule has 2 aromatic carbocycles. The highest BCUT2D eigenvalue weighted by molar-refractivity contribution is 7.80. The van der Waals surface area contributed by atoms with Crippen LogP contribution in [-0.2, 0) is 4.79 Å². The van der Waals surface area contributed by atoms with Gasteiger partial charge in [-0.3, -0.25) is 25.8 Å². The van der Waals surface area contributed by atoms with Crippen molar-refractivity contribution in [3.63, 3.8) is 0 Å². The molecule has 0 aliphatic heterocycles. The molecular formula is C18H16ClN3O3S. The average Bonchev–Trinajstić information content (AvgIpc) is 2.65. The summed E-state index contributed by atoms with van der Waals surface area (Å²) in [6.07, 6.45) is 2.94. The van der Waals surface area contributed by atoms with Crippen molar-refractivity contribution < 1.29 is 14.3 Å². The van der Waals surface area contributed by atoms with Crippen LogP contribution in [0.25, 0.3) is 6.08 Å². The lowest BCUT2D eigenvalue weighted by atomic mass is 10.2. The predicted molar refractivity (Wildman–Crippen MR) is 105 cm³/mol. The molecular weight excluding hydrogens is 374 g/mol. The van der Waals surface area contributed by atoms with Gasteiger partial charge >= 0.3 is 0 Å². The maximum Gasteiger partial charge on any atom is 0.269 e. The summed E-state index contributed by atoms with van der Waals surface area (Å²) in [4.78, 5) is 23.8. The third kappa shape index (κ3) is 6.19. The number of hydrogen-bond donors (Lipinski definition) is 3. The molecule has 8 heteroatoms. The first kappa shape index (κ1) is 19.4. The summed E-state index contributed by atoms with van der Waals surface area (Å²) in [5.41, 5.74) is 6.09. The third-order valence-electron chi connectivity index (χ3n) is 3.18. The van der Waals surface area contributed by atoms with Crippen molar-refractivity contribution in [3.05, 3.63) is 70.8 Å². The van der Waals surface area contributed by atoms with Gasteiger partial charge in [0.15, 0.2) is 5.11 Å². The molecule has 2 aromatic rings. The Kier molecular flexibility index (Phi) is 7.13.